The van der Waals surface area contributed by atoms with E-state index in [1.54, 1.807) is 0 Å². The Kier molecular flexibility index (Phi) is 17.9. The van der Waals surface area contributed by atoms with Gasteiger partial charge in [-0.05, 0) is 57.3 Å². The number of hydrogen-bond donors (Lipinski definition) is 0. The van der Waals surface area contributed by atoms with Crippen LogP contribution in [-0.4, -0.2) is 55.5 Å². The fourth-order valence-corrected chi connectivity index (χ4v) is 6.29. The Morgan fingerprint density at radius 3 is 1.17 bits per heavy atom. The van der Waals surface area contributed by atoms with Crippen LogP contribution in [0.5, 0.6) is 11.5 Å². The third-order valence-electron chi connectivity index (χ3n) is 8.85. The Bertz CT molecular complexity index is 1660. The van der Waals surface area contributed by atoms with Crippen molar-refractivity contribution in [1.29, 1.82) is 0 Å². The van der Waals surface area contributed by atoms with Gasteiger partial charge in [0.2, 0.25) is 0 Å². The summed E-state index contributed by atoms with van der Waals surface area (Å²) < 4.78 is 0. The third kappa shape index (κ3) is 13.4. The summed E-state index contributed by atoms with van der Waals surface area (Å²) in [5.41, 5.74) is 3.98. The smallest absolute Gasteiger partial charge is 0.0603 e. The van der Waals surface area contributed by atoms with E-state index in [0.717, 1.165) is 31.9 Å². The van der Waals surface area contributed by atoms with Crippen molar-refractivity contribution in [2.24, 2.45) is 0 Å². The Hall–Kier alpha value is -4.50. The molecule has 1 saturated heterocycles. The van der Waals surface area contributed by atoms with Crippen LogP contribution in [-0.2, 0) is 10.8 Å². The van der Waals surface area contributed by atoms with Gasteiger partial charge in [0.25, 0.3) is 0 Å². The van der Waals surface area contributed by atoms with Crippen LogP contribution in [0.3, 0.4) is 0 Å². The summed E-state index contributed by atoms with van der Waals surface area (Å²) in [5.74, 6) is -0.688. The normalized spacial score (nSPS) is 12.8. The van der Waals surface area contributed by atoms with Gasteiger partial charge in [-0.1, -0.05) is 193 Å². The monoisotopic (exact) mass is 822 g/mol. The average Bonchev–Trinajstić information content (AvgIpc) is 3.19. The van der Waals surface area contributed by atoms with Gasteiger partial charge in [-0.25, -0.2) is 0 Å². The van der Waals surface area contributed by atoms with Crippen LogP contribution < -0.4 is 15.1 Å². The largest absolute Gasteiger partial charge is 0.873 e. The molecule has 54 heavy (non-hydrogen) atoms. The minimum atomic E-state index is -0.407. The van der Waals surface area contributed by atoms with E-state index in [1.165, 1.54) is 11.1 Å². The average molecular weight is 824 g/mol. The predicted octanol–water partition coefficient (Wildman–Crippen LogP) is 9.42. The quantitative estimate of drug-likeness (QED) is 0.167. The zero-order valence-corrected chi connectivity index (χ0v) is 35.1. The van der Waals surface area contributed by atoms with Gasteiger partial charge < -0.3 is 15.1 Å². The van der Waals surface area contributed by atoms with Gasteiger partial charge >= 0.3 is 0 Å². The molecular formula is C49H53N2O2Sb-2. The standard InChI is InChI=1S/C31H40N2O2.3C6H5.Sb/c1-30(2,3)24-21-25(26(31(4,5)6)29(35)28(24)34)32-17-19-33(20-18-32)27(22-13-9-7-10-14-22)23-15-11-8-12-16-23;3*1-2-4-6-5-3-1;/h7-16,21,27,34-35H,17-20H2,1-6H3;3*1-5H;/p-2. The van der Waals surface area contributed by atoms with Gasteiger partial charge in [-0.3, -0.25) is 4.90 Å². The maximum atomic E-state index is 13.3. The van der Waals surface area contributed by atoms with Gasteiger partial charge in [-0.2, -0.15) is 0 Å². The van der Waals surface area contributed by atoms with Gasteiger partial charge in [0.05, 0.1) is 6.04 Å². The molecule has 278 valence electrons. The predicted molar refractivity (Wildman–Crippen MR) is 223 cm³/mol. The van der Waals surface area contributed by atoms with Crippen molar-refractivity contribution < 1.29 is 10.2 Å². The first-order valence-electron chi connectivity index (χ1n) is 18.4. The van der Waals surface area contributed by atoms with E-state index in [1.807, 2.05) is 139 Å². The molecule has 1 heterocycles. The minimum absolute atomic E-state index is 0. The molecule has 4 nitrogen and oxygen atoms in total. The topological polar surface area (TPSA) is 52.6 Å². The molecule has 0 amide bonds. The van der Waals surface area contributed by atoms with Crippen molar-refractivity contribution in [1.82, 2.24) is 4.90 Å². The fourth-order valence-electron chi connectivity index (χ4n) is 6.29. The minimum Gasteiger partial charge on any atom is -0.873 e. The molecule has 1 aliphatic rings. The van der Waals surface area contributed by atoms with E-state index >= 15 is 0 Å². The van der Waals surface area contributed by atoms with E-state index in [9.17, 15) is 10.2 Å². The molecule has 1 fully saturated rings. The molecule has 0 saturated carbocycles. The summed E-state index contributed by atoms with van der Waals surface area (Å²) in [6, 6.07) is 61.0. The number of rotatable bonds is 4. The summed E-state index contributed by atoms with van der Waals surface area (Å²) in [4.78, 5) is 4.85. The van der Waals surface area contributed by atoms with E-state index in [0.29, 0.717) is 11.1 Å². The zero-order valence-electron chi connectivity index (χ0n) is 32.6. The van der Waals surface area contributed by atoms with Crippen molar-refractivity contribution in [3.63, 3.8) is 0 Å². The second-order valence-electron chi connectivity index (χ2n) is 15.0. The summed E-state index contributed by atoms with van der Waals surface area (Å²) in [7, 11) is 0. The Labute approximate surface area is 342 Å². The van der Waals surface area contributed by atoms with Crippen LogP contribution in [0.4, 0.5) is 5.69 Å². The Morgan fingerprint density at radius 2 is 0.870 bits per heavy atom. The van der Waals surface area contributed by atoms with Gasteiger partial charge in [-0.15, -0.1) is 11.5 Å². The van der Waals surface area contributed by atoms with E-state index in [-0.39, 0.29) is 47.4 Å². The molecule has 0 aliphatic carbocycles. The number of anilines is 1. The number of piperazine rings is 1. The van der Waals surface area contributed by atoms with Gasteiger partial charge in [0.15, 0.2) is 0 Å². The molecule has 6 aromatic rings. The van der Waals surface area contributed by atoms with E-state index < -0.39 is 5.41 Å². The first kappa shape index (κ1) is 43.9. The summed E-state index contributed by atoms with van der Waals surface area (Å²) in [6.07, 6.45) is 0. The fraction of sp³-hybridized carbons (Fsp3) is 0.265. The molecule has 0 spiro atoms. The molecule has 6 aromatic carbocycles. The number of nitrogens with zero attached hydrogens (tertiary/aromatic N) is 2. The number of benzene rings is 6. The van der Waals surface area contributed by atoms with Crippen molar-refractivity contribution in [3.05, 3.63) is 198 Å². The van der Waals surface area contributed by atoms with Crippen LogP contribution in [0, 0.1) is 18.2 Å². The molecule has 0 atom stereocenters. The third-order valence-corrected chi connectivity index (χ3v) is 8.85. The molecular weight excluding hydrogens is 770 g/mol. The van der Waals surface area contributed by atoms with Crippen molar-refractivity contribution >= 4 is 30.1 Å². The molecule has 7 rings (SSSR count). The SMILES string of the molecule is CC(C)(C)c1cc(N2CCN(C(c3ccccc3)c3ccccc3)CC2)c(C(C)(C)C)c([O-])c1[O-].[Sb].[c]1ccccc1.[c]1ccccc1.[c]1ccccc1. The van der Waals surface area contributed by atoms with E-state index in [2.05, 4.69) is 88.7 Å². The van der Waals surface area contributed by atoms with Gasteiger partial charge in [0.1, 0.15) is 0 Å². The van der Waals surface area contributed by atoms with Crippen molar-refractivity contribution in [2.45, 2.75) is 58.4 Å². The molecule has 0 aromatic heterocycles. The van der Waals surface area contributed by atoms with Crippen molar-refractivity contribution in [3.8, 4) is 11.5 Å². The molecule has 0 N–H and O–H groups in total. The first-order valence-corrected chi connectivity index (χ1v) is 18.4. The van der Waals surface area contributed by atoms with Crippen LogP contribution in [0.2, 0.25) is 0 Å². The maximum absolute atomic E-state index is 13.3. The summed E-state index contributed by atoms with van der Waals surface area (Å²) >= 11 is 0. The van der Waals surface area contributed by atoms with Crippen LogP contribution >= 0.6 is 0 Å². The van der Waals surface area contributed by atoms with Crippen LogP contribution in [0.25, 0.3) is 0 Å². The second kappa shape index (κ2) is 22.0. The molecule has 5 heteroatoms. The summed E-state index contributed by atoms with van der Waals surface area (Å²) in [6.45, 7) is 15.5. The molecule has 0 bridgehead atoms. The second-order valence-corrected chi connectivity index (χ2v) is 15.0. The number of hydrogen-bond acceptors (Lipinski definition) is 4. The zero-order chi connectivity index (χ0) is 38.1. The van der Waals surface area contributed by atoms with Crippen LogP contribution in [0.1, 0.15) is 69.8 Å². The van der Waals surface area contributed by atoms with Gasteiger partial charge in [0, 0.05) is 56.3 Å². The molecule has 0 unspecified atom stereocenters. The first-order chi connectivity index (χ1) is 25.5. The molecule has 6 radical (unpaired) electrons. The molecule has 1 aliphatic heterocycles. The van der Waals surface area contributed by atoms with Crippen molar-refractivity contribution in [2.75, 3.05) is 31.1 Å². The van der Waals surface area contributed by atoms with E-state index in [4.69, 9.17) is 0 Å². The Balaban J connectivity index is 0.000000332. The van der Waals surface area contributed by atoms with Crippen LogP contribution in [0.15, 0.2) is 158 Å². The maximum Gasteiger partial charge on any atom is 0.0603 e. The summed E-state index contributed by atoms with van der Waals surface area (Å²) in [5, 5.41) is 26.4. The Morgan fingerprint density at radius 1 is 0.500 bits per heavy atom.